The van der Waals surface area contributed by atoms with Crippen LogP contribution in [0.5, 0.6) is 5.75 Å². The maximum Gasteiger partial charge on any atom is 0.234 e. The highest BCUT2D eigenvalue weighted by Crippen LogP contribution is 2.24. The number of amides is 2. The molecule has 20 heavy (non-hydrogen) atoms. The van der Waals surface area contributed by atoms with Crippen LogP contribution in [-0.4, -0.2) is 29.4 Å². The number of thioether (sulfide) groups is 1. The minimum atomic E-state index is -0.389. The first kappa shape index (κ1) is 16.4. The maximum atomic E-state index is 11.9. The molecule has 0 spiro atoms. The van der Waals surface area contributed by atoms with Gasteiger partial charge < -0.3 is 15.8 Å². The Labute approximate surface area is 123 Å². The van der Waals surface area contributed by atoms with Crippen molar-refractivity contribution in [1.29, 1.82) is 0 Å². The van der Waals surface area contributed by atoms with Crippen molar-refractivity contribution in [1.82, 2.24) is 0 Å². The van der Waals surface area contributed by atoms with Gasteiger partial charge in [-0.3, -0.25) is 9.59 Å². The summed E-state index contributed by atoms with van der Waals surface area (Å²) in [6.45, 7) is 4.28. The van der Waals surface area contributed by atoms with Gasteiger partial charge in [-0.25, -0.2) is 0 Å². The van der Waals surface area contributed by atoms with Crippen LogP contribution in [0.25, 0.3) is 0 Å². The molecule has 0 bridgehead atoms. The van der Waals surface area contributed by atoms with Crippen molar-refractivity contribution in [2.24, 2.45) is 5.73 Å². The summed E-state index contributed by atoms with van der Waals surface area (Å²) in [6.07, 6.45) is 0.614. The molecule has 6 heteroatoms. The van der Waals surface area contributed by atoms with Gasteiger partial charge in [-0.05, 0) is 25.5 Å². The summed E-state index contributed by atoms with van der Waals surface area (Å²) in [4.78, 5) is 23.0. The largest absolute Gasteiger partial charge is 0.492 e. The Bertz CT molecular complexity index is 465. The van der Waals surface area contributed by atoms with Crippen LogP contribution in [0, 0.1) is 0 Å². The van der Waals surface area contributed by atoms with Crippen LogP contribution < -0.4 is 15.8 Å². The van der Waals surface area contributed by atoms with E-state index in [2.05, 4.69) is 5.32 Å². The summed E-state index contributed by atoms with van der Waals surface area (Å²) < 4.78 is 5.43. The maximum absolute atomic E-state index is 11.9. The van der Waals surface area contributed by atoms with Crippen LogP contribution in [0.2, 0.25) is 0 Å². The molecule has 2 amide bonds. The number of anilines is 1. The molecular formula is C14H20N2O3S. The molecule has 0 aromatic heterocycles. The lowest BCUT2D eigenvalue weighted by Gasteiger charge is -2.13. The number of benzene rings is 1. The zero-order valence-corrected chi connectivity index (χ0v) is 12.5. The van der Waals surface area contributed by atoms with Gasteiger partial charge in [-0.15, -0.1) is 11.8 Å². The first-order chi connectivity index (χ1) is 9.58. The van der Waals surface area contributed by atoms with Crippen molar-refractivity contribution < 1.29 is 14.3 Å². The van der Waals surface area contributed by atoms with E-state index >= 15 is 0 Å². The third-order valence-corrected chi connectivity index (χ3v) is 3.96. The van der Waals surface area contributed by atoms with E-state index in [9.17, 15) is 9.59 Å². The van der Waals surface area contributed by atoms with Gasteiger partial charge in [-0.2, -0.15) is 0 Å². The first-order valence-electron chi connectivity index (χ1n) is 6.51. The summed E-state index contributed by atoms with van der Waals surface area (Å²) in [5, 5.41) is 2.45. The van der Waals surface area contributed by atoms with Crippen molar-refractivity contribution in [3.63, 3.8) is 0 Å². The Hall–Kier alpha value is -1.69. The summed E-state index contributed by atoms with van der Waals surface area (Å²) in [5.41, 5.74) is 5.87. The summed E-state index contributed by atoms with van der Waals surface area (Å²) in [6, 6.07) is 7.24. The molecule has 110 valence electrons. The predicted octanol–water partition coefficient (Wildman–Crippen LogP) is 2.02. The summed E-state index contributed by atoms with van der Waals surface area (Å²) in [7, 11) is 0. The first-order valence-corrected chi connectivity index (χ1v) is 7.55. The molecule has 0 aliphatic rings. The molecule has 1 rings (SSSR count). The normalized spacial score (nSPS) is 11.7. The quantitative estimate of drug-likeness (QED) is 0.769. The molecule has 1 aromatic carbocycles. The van der Waals surface area contributed by atoms with E-state index in [1.165, 1.54) is 11.8 Å². The van der Waals surface area contributed by atoms with E-state index in [-0.39, 0.29) is 22.8 Å². The third kappa shape index (κ3) is 5.13. The second-order valence-corrected chi connectivity index (χ2v) is 5.28. The Kier molecular flexibility index (Phi) is 6.93. The number of primary amides is 1. The van der Waals surface area contributed by atoms with Gasteiger partial charge in [0.1, 0.15) is 5.75 Å². The molecule has 0 saturated heterocycles. The van der Waals surface area contributed by atoms with E-state index in [0.29, 0.717) is 24.5 Å². The van der Waals surface area contributed by atoms with Crippen molar-refractivity contribution >= 4 is 29.3 Å². The fourth-order valence-corrected chi connectivity index (χ4v) is 2.44. The number of hydrogen-bond acceptors (Lipinski definition) is 4. The molecule has 0 fully saturated rings. The number of nitrogens with one attached hydrogen (secondary N) is 1. The average Bonchev–Trinajstić information content (AvgIpc) is 2.41. The van der Waals surface area contributed by atoms with E-state index in [1.54, 1.807) is 12.1 Å². The van der Waals surface area contributed by atoms with Gasteiger partial charge in [0.25, 0.3) is 0 Å². The number of carbonyl (C=O) groups is 2. The van der Waals surface area contributed by atoms with Crippen LogP contribution >= 0.6 is 11.8 Å². The topological polar surface area (TPSA) is 81.4 Å². The third-order valence-electron chi connectivity index (χ3n) is 2.56. The monoisotopic (exact) mass is 296 g/mol. The van der Waals surface area contributed by atoms with E-state index < -0.39 is 0 Å². The standard InChI is InChI=1S/C14H20N2O3S/c1-3-12(14(15)18)20-9-13(17)16-10-7-5-6-8-11(10)19-4-2/h5-8,12H,3-4,9H2,1-2H3,(H2,15,18)(H,16,17). The molecule has 0 aliphatic heterocycles. The van der Waals surface area contributed by atoms with Gasteiger partial charge in [-0.1, -0.05) is 19.1 Å². The minimum absolute atomic E-state index is 0.179. The SMILES string of the molecule is CCOc1ccccc1NC(=O)CSC(CC)C(N)=O. The molecule has 0 radical (unpaired) electrons. The van der Waals surface area contributed by atoms with Crippen molar-refractivity contribution in [3.05, 3.63) is 24.3 Å². The molecule has 1 atom stereocenters. The van der Waals surface area contributed by atoms with Crippen LogP contribution in [0.4, 0.5) is 5.69 Å². The molecular weight excluding hydrogens is 276 g/mol. The molecule has 0 saturated carbocycles. The van der Waals surface area contributed by atoms with Crippen molar-refractivity contribution in [2.75, 3.05) is 17.7 Å². The number of nitrogens with two attached hydrogens (primary N) is 1. The minimum Gasteiger partial charge on any atom is -0.492 e. The van der Waals surface area contributed by atoms with Crippen molar-refractivity contribution in [3.8, 4) is 5.75 Å². The molecule has 5 nitrogen and oxygen atoms in total. The summed E-state index contributed by atoms with van der Waals surface area (Å²) >= 11 is 1.25. The smallest absolute Gasteiger partial charge is 0.234 e. The van der Waals surface area contributed by atoms with Crippen molar-refractivity contribution in [2.45, 2.75) is 25.5 Å². The zero-order chi connectivity index (χ0) is 15.0. The second-order valence-electron chi connectivity index (χ2n) is 4.09. The lowest BCUT2D eigenvalue weighted by atomic mass is 10.3. The number of hydrogen-bond donors (Lipinski definition) is 2. The predicted molar refractivity (Wildman–Crippen MR) is 82.0 cm³/mol. The van der Waals surface area contributed by atoms with Gasteiger partial charge in [0, 0.05) is 0 Å². The zero-order valence-electron chi connectivity index (χ0n) is 11.7. The van der Waals surface area contributed by atoms with Gasteiger partial charge in [0.2, 0.25) is 11.8 Å². The highest BCUT2D eigenvalue weighted by molar-refractivity contribution is 8.01. The van der Waals surface area contributed by atoms with E-state index in [4.69, 9.17) is 10.5 Å². The van der Waals surface area contributed by atoms with Crippen LogP contribution in [0.15, 0.2) is 24.3 Å². The Balaban J connectivity index is 2.56. The Morgan fingerprint density at radius 1 is 1.35 bits per heavy atom. The summed E-state index contributed by atoms with van der Waals surface area (Å²) in [5.74, 6) is 0.249. The molecule has 1 unspecified atom stereocenters. The molecule has 0 heterocycles. The van der Waals surface area contributed by atoms with Gasteiger partial charge in [0.05, 0.1) is 23.3 Å². The highest BCUT2D eigenvalue weighted by atomic mass is 32.2. The van der Waals surface area contributed by atoms with E-state index in [0.717, 1.165) is 0 Å². The Morgan fingerprint density at radius 3 is 2.65 bits per heavy atom. The Morgan fingerprint density at radius 2 is 2.05 bits per heavy atom. The fourth-order valence-electron chi connectivity index (χ4n) is 1.62. The number of ether oxygens (including phenoxy) is 1. The lowest BCUT2D eigenvalue weighted by Crippen LogP contribution is -2.27. The number of rotatable bonds is 8. The fraction of sp³-hybridized carbons (Fsp3) is 0.429. The number of para-hydroxylation sites is 2. The van der Waals surface area contributed by atoms with Crippen LogP contribution in [0.1, 0.15) is 20.3 Å². The van der Waals surface area contributed by atoms with E-state index in [1.807, 2.05) is 26.0 Å². The van der Waals surface area contributed by atoms with Gasteiger partial charge >= 0.3 is 0 Å². The van der Waals surface area contributed by atoms with Crippen LogP contribution in [-0.2, 0) is 9.59 Å². The molecule has 0 aliphatic carbocycles. The van der Waals surface area contributed by atoms with Gasteiger partial charge in [0.15, 0.2) is 0 Å². The molecule has 3 N–H and O–H groups in total. The lowest BCUT2D eigenvalue weighted by molar-refractivity contribution is -0.117. The second kappa shape index (κ2) is 8.47. The number of carbonyl (C=O) groups excluding carboxylic acids is 2. The average molecular weight is 296 g/mol. The highest BCUT2D eigenvalue weighted by Gasteiger charge is 2.15. The molecule has 1 aromatic rings. The van der Waals surface area contributed by atoms with Crippen LogP contribution in [0.3, 0.4) is 0 Å².